The molecule has 0 spiro atoms. The number of benzene rings is 1. The first-order chi connectivity index (χ1) is 12.3. The highest BCUT2D eigenvalue weighted by molar-refractivity contribution is 8.00. The van der Waals surface area contributed by atoms with Gasteiger partial charge < -0.3 is 5.11 Å². The third-order valence-electron chi connectivity index (χ3n) is 4.17. The fraction of sp³-hybridized carbons (Fsp3) is 0.579. The topological polar surface area (TPSA) is 60.9 Å². The molecule has 0 aliphatic rings. The van der Waals surface area contributed by atoms with Crippen molar-refractivity contribution < 1.29 is 14.7 Å². The molecule has 0 saturated carbocycles. The second-order valence-electron chi connectivity index (χ2n) is 6.55. The second kappa shape index (κ2) is 10.8. The Morgan fingerprint density at radius 3 is 2.35 bits per heavy atom. The summed E-state index contributed by atoms with van der Waals surface area (Å²) in [6, 6.07) is 9.74. The van der Waals surface area contributed by atoms with E-state index in [4.69, 9.17) is 0 Å². The fourth-order valence-electron chi connectivity index (χ4n) is 2.68. The number of hydrogen-bond donors (Lipinski definition) is 2. The van der Waals surface area contributed by atoms with Gasteiger partial charge in [0.1, 0.15) is 0 Å². The first-order valence-electron chi connectivity index (χ1n) is 8.83. The number of thiol groups is 1. The van der Waals surface area contributed by atoms with Crippen LogP contribution in [0.1, 0.15) is 38.7 Å². The lowest BCUT2D eigenvalue weighted by Gasteiger charge is -2.44. The zero-order valence-electron chi connectivity index (χ0n) is 16.0. The number of amides is 1. The first kappa shape index (κ1) is 22.9. The van der Waals surface area contributed by atoms with Crippen molar-refractivity contribution in [2.45, 2.75) is 43.7 Å². The predicted molar refractivity (Wildman–Crippen MR) is 111 cm³/mol. The zero-order chi connectivity index (χ0) is 19.7. The summed E-state index contributed by atoms with van der Waals surface area (Å²) in [4.78, 5) is 24.1. The van der Waals surface area contributed by atoms with Crippen molar-refractivity contribution in [3.8, 4) is 0 Å². The maximum Gasteiger partial charge on any atom is 0.341 e. The number of thioether (sulfide) groups is 1. The van der Waals surface area contributed by atoms with Crippen LogP contribution in [-0.2, 0) is 15.3 Å². The summed E-state index contributed by atoms with van der Waals surface area (Å²) >= 11 is 5.53. The van der Waals surface area contributed by atoms with E-state index in [9.17, 15) is 14.7 Å². The summed E-state index contributed by atoms with van der Waals surface area (Å²) < 4.78 is 0. The average Bonchev–Trinajstić information content (AvgIpc) is 2.63. The molecule has 0 aromatic heterocycles. The number of carboxylic acids is 1. The molecular formula is C19H30N2O3S2. The Morgan fingerprint density at radius 1 is 1.27 bits per heavy atom. The van der Waals surface area contributed by atoms with E-state index >= 15 is 0 Å². The Bertz CT molecular complexity index is 583. The van der Waals surface area contributed by atoms with Gasteiger partial charge in [0.2, 0.25) is 10.8 Å². The van der Waals surface area contributed by atoms with Crippen LogP contribution in [0, 0.1) is 5.92 Å². The third kappa shape index (κ3) is 5.66. The number of aliphatic carboxylic acids is 1. The lowest BCUT2D eigenvalue weighted by molar-refractivity contribution is -0.170. The lowest BCUT2D eigenvalue weighted by atomic mass is 10.1. The summed E-state index contributed by atoms with van der Waals surface area (Å²) in [6.45, 7) is 3.80. The predicted octanol–water partition coefficient (Wildman–Crippen LogP) is 3.76. The summed E-state index contributed by atoms with van der Waals surface area (Å²) in [5.74, 6) is -0.678. The Labute approximate surface area is 166 Å². The molecule has 1 aromatic carbocycles. The third-order valence-corrected chi connectivity index (χ3v) is 6.22. The van der Waals surface area contributed by atoms with E-state index in [-0.39, 0.29) is 11.8 Å². The molecule has 0 heterocycles. The van der Waals surface area contributed by atoms with Gasteiger partial charge in [-0.3, -0.25) is 4.79 Å². The molecule has 5 nitrogen and oxygen atoms in total. The normalized spacial score (nSPS) is 14.7. The summed E-state index contributed by atoms with van der Waals surface area (Å²) in [6.07, 6.45) is 1.97. The number of nitrogens with zero attached hydrogens (tertiary/aromatic N) is 2. The van der Waals surface area contributed by atoms with E-state index in [1.54, 1.807) is 26.0 Å². The Hall–Kier alpha value is -1.18. The Balaban J connectivity index is 3.28. The molecule has 0 fully saturated rings. The van der Waals surface area contributed by atoms with Gasteiger partial charge in [0, 0.05) is 31.5 Å². The van der Waals surface area contributed by atoms with E-state index in [1.807, 2.05) is 37.3 Å². The van der Waals surface area contributed by atoms with Gasteiger partial charge in [0.15, 0.2) is 0 Å². The van der Waals surface area contributed by atoms with E-state index in [0.717, 1.165) is 18.4 Å². The molecule has 0 aliphatic carbocycles. The number of hydrogen-bond acceptors (Lipinski definition) is 5. The molecule has 1 aromatic rings. The average molecular weight is 399 g/mol. The number of rotatable bonds is 11. The number of carbonyl (C=O) groups excluding carboxylic acids is 1. The van der Waals surface area contributed by atoms with Gasteiger partial charge in [0.25, 0.3) is 0 Å². The largest absolute Gasteiger partial charge is 0.479 e. The molecule has 1 N–H and O–H groups in total. The molecule has 0 bridgehead atoms. The van der Waals surface area contributed by atoms with Crippen molar-refractivity contribution in [1.29, 1.82) is 0 Å². The van der Waals surface area contributed by atoms with Gasteiger partial charge in [-0.15, -0.1) is 11.8 Å². The van der Waals surface area contributed by atoms with Crippen LogP contribution in [0.4, 0.5) is 0 Å². The van der Waals surface area contributed by atoms with Crippen molar-refractivity contribution >= 4 is 36.3 Å². The van der Waals surface area contributed by atoms with Gasteiger partial charge in [-0.25, -0.2) is 14.8 Å². The van der Waals surface area contributed by atoms with Crippen LogP contribution in [0.15, 0.2) is 30.3 Å². The van der Waals surface area contributed by atoms with Gasteiger partial charge in [0.05, 0.1) is 0 Å². The van der Waals surface area contributed by atoms with E-state index < -0.39 is 10.8 Å². The summed E-state index contributed by atoms with van der Waals surface area (Å²) in [5, 5.41) is 13.2. The number of hydrazine groups is 1. The van der Waals surface area contributed by atoms with Crippen molar-refractivity contribution in [1.82, 2.24) is 10.0 Å². The molecule has 1 unspecified atom stereocenters. The standard InChI is InChI=1S/C19H30N2O3S2/c1-5-6-12-19(18(23)24,26-14-16-10-8-7-9-11-16)21(20(3)4)17(22)15(2)13-25/h7-11,15,25H,5-6,12-14H2,1-4H3,(H,23,24)/t15-,19?/m1/s1. The fourth-order valence-corrected chi connectivity index (χ4v) is 4.22. The Morgan fingerprint density at radius 2 is 1.88 bits per heavy atom. The summed E-state index contributed by atoms with van der Waals surface area (Å²) in [5.41, 5.74) is 1.04. The molecule has 1 rings (SSSR count). The van der Waals surface area contributed by atoms with Crippen LogP contribution in [0.5, 0.6) is 0 Å². The minimum atomic E-state index is -1.34. The molecular weight excluding hydrogens is 368 g/mol. The van der Waals surface area contributed by atoms with Crippen LogP contribution in [-0.4, -0.2) is 51.7 Å². The van der Waals surface area contributed by atoms with Gasteiger partial charge in [-0.1, -0.05) is 50.6 Å². The smallest absolute Gasteiger partial charge is 0.341 e. The molecule has 26 heavy (non-hydrogen) atoms. The second-order valence-corrected chi connectivity index (χ2v) is 8.17. The molecule has 146 valence electrons. The summed E-state index contributed by atoms with van der Waals surface area (Å²) in [7, 11) is 3.44. The highest BCUT2D eigenvalue weighted by Crippen LogP contribution is 2.39. The number of carboxylic acid groups (broad SMARTS) is 1. The van der Waals surface area contributed by atoms with Crippen LogP contribution in [0.2, 0.25) is 0 Å². The maximum absolute atomic E-state index is 13.0. The van der Waals surface area contributed by atoms with Crippen molar-refractivity contribution in [2.24, 2.45) is 5.92 Å². The molecule has 0 radical (unpaired) electrons. The van der Waals surface area contributed by atoms with Gasteiger partial charge in [-0.05, 0) is 18.4 Å². The minimum Gasteiger partial charge on any atom is -0.479 e. The maximum atomic E-state index is 13.0. The van der Waals surface area contributed by atoms with Crippen LogP contribution in [0.25, 0.3) is 0 Å². The van der Waals surface area contributed by atoms with Crippen LogP contribution < -0.4 is 0 Å². The van der Waals surface area contributed by atoms with Crippen molar-refractivity contribution in [2.75, 3.05) is 19.8 Å². The van der Waals surface area contributed by atoms with E-state index in [1.165, 1.54) is 16.8 Å². The van der Waals surface area contributed by atoms with Crippen LogP contribution in [0.3, 0.4) is 0 Å². The number of unbranched alkanes of at least 4 members (excludes halogenated alkanes) is 1. The minimum absolute atomic E-state index is 0.218. The van der Waals surface area contributed by atoms with E-state index in [2.05, 4.69) is 12.6 Å². The monoisotopic (exact) mass is 398 g/mol. The van der Waals surface area contributed by atoms with Gasteiger partial charge >= 0.3 is 5.97 Å². The zero-order valence-corrected chi connectivity index (χ0v) is 17.7. The lowest BCUT2D eigenvalue weighted by Crippen LogP contribution is -2.61. The molecule has 7 heteroatoms. The highest BCUT2D eigenvalue weighted by Gasteiger charge is 2.49. The molecule has 0 aliphatic heterocycles. The van der Waals surface area contributed by atoms with Crippen LogP contribution >= 0.6 is 24.4 Å². The Kier molecular flexibility index (Phi) is 9.54. The molecule has 0 saturated heterocycles. The first-order valence-corrected chi connectivity index (χ1v) is 10.4. The SMILES string of the molecule is CCCCC(SCc1ccccc1)(C(=O)O)N(C(=O)[C@H](C)CS)N(C)C. The molecule has 1 amide bonds. The molecule has 2 atom stereocenters. The van der Waals surface area contributed by atoms with Crippen molar-refractivity contribution in [3.05, 3.63) is 35.9 Å². The van der Waals surface area contributed by atoms with E-state index in [0.29, 0.717) is 17.9 Å². The highest BCUT2D eigenvalue weighted by atomic mass is 32.2. The van der Waals surface area contributed by atoms with Crippen molar-refractivity contribution in [3.63, 3.8) is 0 Å². The van der Waals surface area contributed by atoms with Gasteiger partial charge in [-0.2, -0.15) is 12.6 Å². The quantitative estimate of drug-likeness (QED) is 0.338. The number of carbonyl (C=O) groups is 2.